The SMILES string of the molecule is CC(C)N(C)CCCCC(C)(N)CO. The monoisotopic (exact) mass is 202 g/mol. The highest BCUT2D eigenvalue weighted by Crippen LogP contribution is 2.10. The van der Waals surface area contributed by atoms with E-state index < -0.39 is 5.54 Å². The second-order valence-corrected chi connectivity index (χ2v) is 4.84. The number of aliphatic hydroxyl groups excluding tert-OH is 1. The Morgan fingerprint density at radius 1 is 1.36 bits per heavy atom. The highest BCUT2D eigenvalue weighted by atomic mass is 16.3. The lowest BCUT2D eigenvalue weighted by molar-refractivity contribution is 0.193. The molecule has 0 bridgehead atoms. The highest BCUT2D eigenvalue weighted by Gasteiger charge is 2.15. The van der Waals surface area contributed by atoms with Gasteiger partial charge in [-0.3, -0.25) is 0 Å². The van der Waals surface area contributed by atoms with Crippen molar-refractivity contribution < 1.29 is 5.11 Å². The van der Waals surface area contributed by atoms with Crippen LogP contribution in [0.25, 0.3) is 0 Å². The number of unbranched alkanes of at least 4 members (excludes halogenated alkanes) is 1. The molecule has 3 nitrogen and oxygen atoms in total. The Balaban J connectivity index is 3.47. The summed E-state index contributed by atoms with van der Waals surface area (Å²) >= 11 is 0. The molecule has 0 aliphatic carbocycles. The molecule has 0 aromatic heterocycles. The van der Waals surface area contributed by atoms with E-state index in [0.29, 0.717) is 6.04 Å². The van der Waals surface area contributed by atoms with Crippen molar-refractivity contribution in [2.24, 2.45) is 5.73 Å². The summed E-state index contributed by atoms with van der Waals surface area (Å²) in [7, 11) is 2.14. The molecule has 0 spiro atoms. The van der Waals surface area contributed by atoms with Crippen LogP contribution in [0, 0.1) is 0 Å². The topological polar surface area (TPSA) is 49.5 Å². The average Bonchev–Trinajstić information content (AvgIpc) is 2.12. The van der Waals surface area contributed by atoms with E-state index in [1.165, 1.54) is 0 Å². The summed E-state index contributed by atoms with van der Waals surface area (Å²) in [6.45, 7) is 7.48. The number of nitrogens with two attached hydrogens (primary N) is 1. The normalized spacial score (nSPS) is 16.3. The minimum absolute atomic E-state index is 0.0764. The first-order valence-electron chi connectivity index (χ1n) is 5.49. The largest absolute Gasteiger partial charge is 0.394 e. The van der Waals surface area contributed by atoms with E-state index >= 15 is 0 Å². The first-order chi connectivity index (χ1) is 6.39. The van der Waals surface area contributed by atoms with Crippen molar-refractivity contribution in [3.8, 4) is 0 Å². The fourth-order valence-corrected chi connectivity index (χ4v) is 1.23. The third-order valence-corrected chi connectivity index (χ3v) is 2.75. The first-order valence-corrected chi connectivity index (χ1v) is 5.49. The zero-order chi connectivity index (χ0) is 11.2. The summed E-state index contributed by atoms with van der Waals surface area (Å²) in [5, 5.41) is 8.96. The number of hydrogen-bond acceptors (Lipinski definition) is 3. The van der Waals surface area contributed by atoms with Crippen molar-refractivity contribution >= 4 is 0 Å². The third-order valence-electron chi connectivity index (χ3n) is 2.75. The van der Waals surface area contributed by atoms with Gasteiger partial charge >= 0.3 is 0 Å². The summed E-state index contributed by atoms with van der Waals surface area (Å²) in [5.41, 5.74) is 5.44. The molecule has 1 atom stereocenters. The van der Waals surface area contributed by atoms with Crippen LogP contribution in [0.15, 0.2) is 0 Å². The van der Waals surface area contributed by atoms with Crippen LogP contribution in [0.3, 0.4) is 0 Å². The van der Waals surface area contributed by atoms with Gasteiger partial charge in [0, 0.05) is 11.6 Å². The molecule has 0 aromatic carbocycles. The molecule has 3 N–H and O–H groups in total. The molecule has 0 aromatic rings. The maximum Gasteiger partial charge on any atom is 0.0608 e. The highest BCUT2D eigenvalue weighted by molar-refractivity contribution is 4.76. The fourth-order valence-electron chi connectivity index (χ4n) is 1.23. The van der Waals surface area contributed by atoms with Crippen LogP contribution in [0.2, 0.25) is 0 Å². The van der Waals surface area contributed by atoms with E-state index in [4.69, 9.17) is 10.8 Å². The Labute approximate surface area is 88.3 Å². The van der Waals surface area contributed by atoms with Gasteiger partial charge in [-0.05, 0) is 47.2 Å². The van der Waals surface area contributed by atoms with Gasteiger partial charge in [0.25, 0.3) is 0 Å². The Hall–Kier alpha value is -0.120. The van der Waals surface area contributed by atoms with Gasteiger partial charge in [-0.1, -0.05) is 6.42 Å². The maximum absolute atomic E-state index is 8.96. The molecule has 0 radical (unpaired) electrons. The lowest BCUT2D eigenvalue weighted by atomic mass is 9.97. The van der Waals surface area contributed by atoms with Crippen LogP contribution in [0.4, 0.5) is 0 Å². The lowest BCUT2D eigenvalue weighted by Crippen LogP contribution is -2.40. The Morgan fingerprint density at radius 3 is 2.36 bits per heavy atom. The molecule has 0 amide bonds. The first kappa shape index (κ1) is 13.9. The molecule has 0 aliphatic heterocycles. The minimum atomic E-state index is -0.392. The smallest absolute Gasteiger partial charge is 0.0608 e. The second kappa shape index (κ2) is 6.38. The van der Waals surface area contributed by atoms with Crippen molar-refractivity contribution in [3.05, 3.63) is 0 Å². The van der Waals surface area contributed by atoms with Crippen molar-refractivity contribution in [3.63, 3.8) is 0 Å². The second-order valence-electron chi connectivity index (χ2n) is 4.84. The molecule has 0 saturated carbocycles. The van der Waals surface area contributed by atoms with E-state index in [0.717, 1.165) is 25.8 Å². The minimum Gasteiger partial charge on any atom is -0.394 e. The van der Waals surface area contributed by atoms with Gasteiger partial charge in [-0.25, -0.2) is 0 Å². The van der Waals surface area contributed by atoms with Gasteiger partial charge in [0.1, 0.15) is 0 Å². The number of nitrogens with zero attached hydrogens (tertiary/aromatic N) is 1. The van der Waals surface area contributed by atoms with Crippen LogP contribution in [0.5, 0.6) is 0 Å². The zero-order valence-corrected chi connectivity index (χ0v) is 10.1. The Morgan fingerprint density at radius 2 is 1.93 bits per heavy atom. The van der Waals surface area contributed by atoms with Crippen LogP contribution < -0.4 is 5.73 Å². The van der Waals surface area contributed by atoms with Crippen molar-refractivity contribution in [2.75, 3.05) is 20.2 Å². The van der Waals surface area contributed by atoms with Crippen LogP contribution in [0.1, 0.15) is 40.0 Å². The molecule has 14 heavy (non-hydrogen) atoms. The van der Waals surface area contributed by atoms with E-state index in [1.54, 1.807) is 0 Å². The Kier molecular flexibility index (Phi) is 6.33. The summed E-state index contributed by atoms with van der Waals surface area (Å²) in [6, 6.07) is 0.608. The molecule has 0 aliphatic rings. The summed E-state index contributed by atoms with van der Waals surface area (Å²) in [5.74, 6) is 0. The van der Waals surface area contributed by atoms with E-state index in [-0.39, 0.29) is 6.61 Å². The van der Waals surface area contributed by atoms with E-state index in [2.05, 4.69) is 25.8 Å². The standard InChI is InChI=1S/C11H26N2O/c1-10(2)13(4)8-6-5-7-11(3,12)9-14/h10,14H,5-9,12H2,1-4H3. The van der Waals surface area contributed by atoms with Gasteiger partial charge in [0.2, 0.25) is 0 Å². The van der Waals surface area contributed by atoms with Crippen molar-refractivity contribution in [1.29, 1.82) is 0 Å². The third kappa shape index (κ3) is 6.35. The van der Waals surface area contributed by atoms with E-state index in [9.17, 15) is 0 Å². The van der Waals surface area contributed by atoms with Gasteiger partial charge in [-0.2, -0.15) is 0 Å². The fraction of sp³-hybridized carbons (Fsp3) is 1.00. The van der Waals surface area contributed by atoms with Gasteiger partial charge in [0.15, 0.2) is 0 Å². The molecular weight excluding hydrogens is 176 g/mol. The molecule has 0 saturated heterocycles. The van der Waals surface area contributed by atoms with Crippen LogP contribution in [-0.2, 0) is 0 Å². The molecule has 0 rings (SSSR count). The molecule has 86 valence electrons. The predicted octanol–water partition coefficient (Wildman–Crippen LogP) is 1.21. The summed E-state index contributed by atoms with van der Waals surface area (Å²) in [4.78, 5) is 2.33. The van der Waals surface area contributed by atoms with Crippen molar-refractivity contribution in [2.45, 2.75) is 51.6 Å². The molecule has 3 heteroatoms. The average molecular weight is 202 g/mol. The zero-order valence-electron chi connectivity index (χ0n) is 10.1. The van der Waals surface area contributed by atoms with Crippen LogP contribution in [-0.4, -0.2) is 41.8 Å². The van der Waals surface area contributed by atoms with Gasteiger partial charge < -0.3 is 15.7 Å². The van der Waals surface area contributed by atoms with Gasteiger partial charge in [-0.15, -0.1) is 0 Å². The summed E-state index contributed by atoms with van der Waals surface area (Å²) < 4.78 is 0. The number of rotatable bonds is 7. The van der Waals surface area contributed by atoms with Crippen LogP contribution >= 0.6 is 0 Å². The Bertz CT molecular complexity index is 146. The van der Waals surface area contributed by atoms with E-state index in [1.807, 2.05) is 6.92 Å². The lowest BCUT2D eigenvalue weighted by Gasteiger charge is -2.24. The molecule has 1 unspecified atom stereocenters. The van der Waals surface area contributed by atoms with Crippen molar-refractivity contribution in [1.82, 2.24) is 4.90 Å². The molecule has 0 heterocycles. The van der Waals surface area contributed by atoms with Gasteiger partial charge in [0.05, 0.1) is 6.61 Å². The molecule has 0 fully saturated rings. The summed E-state index contributed by atoms with van der Waals surface area (Å²) in [6.07, 6.45) is 3.14. The molecular formula is C11H26N2O. The number of aliphatic hydroxyl groups is 1. The quantitative estimate of drug-likeness (QED) is 0.610. The predicted molar refractivity (Wildman–Crippen MR) is 61.3 cm³/mol. The number of hydrogen-bond donors (Lipinski definition) is 2. The maximum atomic E-state index is 8.96.